The van der Waals surface area contributed by atoms with E-state index >= 15 is 0 Å². The number of amides is 1. The minimum Gasteiger partial charge on any atom is -0.489 e. The number of hydrogen-bond donors (Lipinski definition) is 0. The van der Waals surface area contributed by atoms with Gasteiger partial charge in [0.15, 0.2) is 0 Å². The number of benzene rings is 2. The van der Waals surface area contributed by atoms with Gasteiger partial charge in [0.05, 0.1) is 5.52 Å². The summed E-state index contributed by atoms with van der Waals surface area (Å²) in [5, 5.41) is 5.74. The van der Waals surface area contributed by atoms with Gasteiger partial charge in [-0.1, -0.05) is 12.1 Å². The highest BCUT2D eigenvalue weighted by molar-refractivity contribution is 5.78. The van der Waals surface area contributed by atoms with Gasteiger partial charge in [-0.05, 0) is 88.4 Å². The minimum atomic E-state index is -0.485. The quantitative estimate of drug-likeness (QED) is 0.520. The number of hydrogen-bond acceptors (Lipinski definition) is 4. The molecule has 1 aromatic heterocycles. The standard InChI is InChI=1S/C26H33N3O3/c1-17(2)29-15-21-13-19(7-9-23(21)27-29)16-31-24-10-8-20-14-28(12-11-22(20)18(24)3)25(30)32-26(4,5)6/h7-10,13,15,17H,11-12,14,16H2,1-6H3. The molecule has 0 spiro atoms. The molecule has 6 heteroatoms. The van der Waals surface area contributed by atoms with Crippen LogP contribution in [0.4, 0.5) is 4.79 Å². The topological polar surface area (TPSA) is 56.6 Å². The highest BCUT2D eigenvalue weighted by Gasteiger charge is 2.27. The van der Waals surface area contributed by atoms with Crippen LogP contribution in [-0.4, -0.2) is 32.9 Å². The fourth-order valence-corrected chi connectivity index (χ4v) is 4.07. The molecular formula is C26H33N3O3. The Morgan fingerprint density at radius 1 is 1.19 bits per heavy atom. The molecule has 0 unspecified atom stereocenters. The van der Waals surface area contributed by atoms with Crippen molar-refractivity contribution in [1.82, 2.24) is 14.7 Å². The molecule has 2 heterocycles. The largest absolute Gasteiger partial charge is 0.489 e. The third-order valence-electron chi connectivity index (χ3n) is 5.80. The van der Waals surface area contributed by atoms with Crippen LogP contribution in [0.2, 0.25) is 0 Å². The first-order chi connectivity index (χ1) is 15.1. The molecule has 4 rings (SSSR count). The number of fused-ring (bicyclic) bond motifs is 2. The Labute approximate surface area is 190 Å². The van der Waals surface area contributed by atoms with Gasteiger partial charge >= 0.3 is 6.09 Å². The molecule has 0 fully saturated rings. The van der Waals surface area contributed by atoms with Gasteiger partial charge in [-0.2, -0.15) is 5.10 Å². The van der Waals surface area contributed by atoms with Crippen molar-refractivity contribution in [2.75, 3.05) is 6.54 Å². The average Bonchev–Trinajstić information content (AvgIpc) is 3.15. The molecule has 1 aliphatic heterocycles. The monoisotopic (exact) mass is 435 g/mol. The zero-order valence-electron chi connectivity index (χ0n) is 19.9. The predicted molar refractivity (Wildman–Crippen MR) is 126 cm³/mol. The summed E-state index contributed by atoms with van der Waals surface area (Å²) in [7, 11) is 0. The van der Waals surface area contributed by atoms with Crippen LogP contribution in [0.25, 0.3) is 10.9 Å². The van der Waals surface area contributed by atoms with E-state index in [-0.39, 0.29) is 6.09 Å². The van der Waals surface area contributed by atoms with E-state index in [9.17, 15) is 4.79 Å². The minimum absolute atomic E-state index is 0.252. The van der Waals surface area contributed by atoms with Crippen LogP contribution in [0.1, 0.15) is 62.9 Å². The van der Waals surface area contributed by atoms with E-state index < -0.39 is 5.60 Å². The Hall–Kier alpha value is -3.02. The molecule has 0 saturated carbocycles. The summed E-state index contributed by atoms with van der Waals surface area (Å²) < 4.78 is 13.7. The molecule has 0 bridgehead atoms. The van der Waals surface area contributed by atoms with E-state index in [0.29, 0.717) is 25.7 Å². The van der Waals surface area contributed by atoms with Crippen LogP contribution in [0, 0.1) is 6.92 Å². The van der Waals surface area contributed by atoms with Crippen LogP contribution in [-0.2, 0) is 24.3 Å². The molecule has 32 heavy (non-hydrogen) atoms. The van der Waals surface area contributed by atoms with Gasteiger partial charge in [-0.3, -0.25) is 4.68 Å². The number of carbonyl (C=O) groups excluding carboxylic acids is 1. The fourth-order valence-electron chi connectivity index (χ4n) is 4.07. The Bertz CT molecular complexity index is 1140. The van der Waals surface area contributed by atoms with Crippen LogP contribution >= 0.6 is 0 Å². The van der Waals surface area contributed by atoms with Crippen LogP contribution in [0.5, 0.6) is 5.75 Å². The first-order valence-electron chi connectivity index (χ1n) is 11.3. The second-order valence-corrected chi connectivity index (χ2v) is 9.86. The molecule has 0 aliphatic carbocycles. The second kappa shape index (κ2) is 8.49. The van der Waals surface area contributed by atoms with Crippen LogP contribution < -0.4 is 4.74 Å². The molecule has 3 aromatic rings. The first-order valence-corrected chi connectivity index (χ1v) is 11.3. The van der Waals surface area contributed by atoms with Gasteiger partial charge in [-0.15, -0.1) is 0 Å². The third-order valence-corrected chi connectivity index (χ3v) is 5.80. The van der Waals surface area contributed by atoms with Crippen LogP contribution in [0.3, 0.4) is 0 Å². The maximum Gasteiger partial charge on any atom is 0.410 e. The first kappa shape index (κ1) is 22.2. The van der Waals surface area contributed by atoms with E-state index in [1.165, 1.54) is 5.56 Å². The number of aromatic nitrogens is 2. The molecule has 0 radical (unpaired) electrons. The maximum absolute atomic E-state index is 12.4. The Balaban J connectivity index is 1.45. The lowest BCUT2D eigenvalue weighted by Gasteiger charge is -2.32. The van der Waals surface area contributed by atoms with Gasteiger partial charge in [-0.25, -0.2) is 4.79 Å². The molecule has 2 aromatic carbocycles. The van der Waals surface area contributed by atoms with Gasteiger partial charge in [0.1, 0.15) is 18.0 Å². The van der Waals surface area contributed by atoms with Gasteiger partial charge in [0.2, 0.25) is 0 Å². The number of rotatable bonds is 4. The van der Waals surface area contributed by atoms with Crippen molar-refractivity contribution in [3.05, 3.63) is 58.8 Å². The molecule has 0 atom stereocenters. The Kier molecular flexibility index (Phi) is 5.89. The lowest BCUT2D eigenvalue weighted by molar-refractivity contribution is 0.0223. The number of carbonyl (C=O) groups is 1. The SMILES string of the molecule is Cc1c(OCc2ccc3nn(C(C)C)cc3c2)ccc2c1CCN(C(=O)OC(C)(C)C)C2. The maximum atomic E-state index is 12.4. The zero-order chi connectivity index (χ0) is 23.0. The lowest BCUT2D eigenvalue weighted by atomic mass is 9.94. The molecular weight excluding hydrogens is 402 g/mol. The summed E-state index contributed by atoms with van der Waals surface area (Å²) in [6.45, 7) is 13.8. The molecule has 0 N–H and O–H groups in total. The molecule has 1 amide bonds. The Morgan fingerprint density at radius 2 is 1.97 bits per heavy atom. The molecule has 0 saturated heterocycles. The van der Waals surface area contributed by atoms with Crippen molar-refractivity contribution in [1.29, 1.82) is 0 Å². The van der Waals surface area contributed by atoms with Crippen molar-refractivity contribution in [2.45, 2.75) is 72.8 Å². The lowest BCUT2D eigenvalue weighted by Crippen LogP contribution is -2.40. The summed E-state index contributed by atoms with van der Waals surface area (Å²) >= 11 is 0. The molecule has 170 valence electrons. The average molecular weight is 436 g/mol. The smallest absolute Gasteiger partial charge is 0.410 e. The fraction of sp³-hybridized carbons (Fsp3) is 0.462. The van der Waals surface area contributed by atoms with Crippen molar-refractivity contribution in [3.63, 3.8) is 0 Å². The summed E-state index contributed by atoms with van der Waals surface area (Å²) in [6.07, 6.45) is 2.64. The highest BCUT2D eigenvalue weighted by atomic mass is 16.6. The van der Waals surface area contributed by atoms with Crippen molar-refractivity contribution < 1.29 is 14.3 Å². The van der Waals surface area contributed by atoms with E-state index in [1.54, 1.807) is 4.90 Å². The summed E-state index contributed by atoms with van der Waals surface area (Å²) in [6, 6.07) is 10.7. The van der Waals surface area contributed by atoms with Crippen molar-refractivity contribution >= 4 is 17.0 Å². The van der Waals surface area contributed by atoms with E-state index in [1.807, 2.05) is 31.5 Å². The van der Waals surface area contributed by atoms with Crippen molar-refractivity contribution in [2.24, 2.45) is 0 Å². The Morgan fingerprint density at radius 3 is 2.69 bits per heavy atom. The predicted octanol–water partition coefficient (Wildman–Crippen LogP) is 5.80. The number of nitrogens with zero attached hydrogens (tertiary/aromatic N) is 3. The van der Waals surface area contributed by atoms with Gasteiger partial charge < -0.3 is 14.4 Å². The van der Waals surface area contributed by atoms with E-state index in [4.69, 9.17) is 9.47 Å². The normalized spacial score (nSPS) is 14.0. The third kappa shape index (κ3) is 4.74. The van der Waals surface area contributed by atoms with Gasteiger partial charge in [0, 0.05) is 30.7 Å². The summed E-state index contributed by atoms with van der Waals surface area (Å²) in [5.74, 6) is 0.896. The molecule has 6 nitrogen and oxygen atoms in total. The number of ether oxygens (including phenoxy) is 2. The summed E-state index contributed by atoms with van der Waals surface area (Å²) in [4.78, 5) is 14.2. The molecule has 1 aliphatic rings. The van der Waals surface area contributed by atoms with E-state index in [0.717, 1.165) is 39.8 Å². The second-order valence-electron chi connectivity index (χ2n) is 9.86. The zero-order valence-corrected chi connectivity index (χ0v) is 19.9. The van der Waals surface area contributed by atoms with Crippen LogP contribution in [0.15, 0.2) is 36.5 Å². The highest BCUT2D eigenvalue weighted by Crippen LogP contribution is 2.30. The van der Waals surface area contributed by atoms with Crippen molar-refractivity contribution in [3.8, 4) is 5.75 Å². The van der Waals surface area contributed by atoms with E-state index in [2.05, 4.69) is 56.3 Å². The summed E-state index contributed by atoms with van der Waals surface area (Å²) in [5.41, 5.74) is 5.23. The van der Waals surface area contributed by atoms with Gasteiger partial charge in [0.25, 0.3) is 0 Å².